The van der Waals surface area contributed by atoms with Gasteiger partial charge in [0.25, 0.3) is 0 Å². The summed E-state index contributed by atoms with van der Waals surface area (Å²) in [5, 5.41) is 2.85. The molecule has 0 unspecified atom stereocenters. The molecule has 0 spiro atoms. The van der Waals surface area contributed by atoms with Crippen LogP contribution in [0.5, 0.6) is 0 Å². The zero-order chi connectivity index (χ0) is 20.0. The van der Waals surface area contributed by atoms with Gasteiger partial charge in [-0.05, 0) is 62.2 Å². The van der Waals surface area contributed by atoms with Crippen molar-refractivity contribution in [2.45, 2.75) is 27.7 Å². The van der Waals surface area contributed by atoms with E-state index >= 15 is 0 Å². The maximum Gasteiger partial charge on any atom is 0.338 e. The second-order valence-corrected chi connectivity index (χ2v) is 6.24. The second-order valence-electron chi connectivity index (χ2n) is 6.24. The molecule has 0 saturated carbocycles. The van der Waals surface area contributed by atoms with Gasteiger partial charge in [-0.15, -0.1) is 0 Å². The van der Waals surface area contributed by atoms with E-state index in [0.29, 0.717) is 17.9 Å². The summed E-state index contributed by atoms with van der Waals surface area (Å²) in [5.74, 6) is -0.991. The molecule has 2 amide bonds. The predicted octanol–water partition coefficient (Wildman–Crippen LogP) is 3.47. The lowest BCUT2D eigenvalue weighted by atomic mass is 10.1. The molecule has 0 fully saturated rings. The minimum Gasteiger partial charge on any atom is -0.462 e. The highest BCUT2D eigenvalue weighted by Crippen LogP contribution is 2.19. The monoisotopic (exact) mass is 368 g/mol. The Bertz CT molecular complexity index is 844. The minimum absolute atomic E-state index is 0.124. The fraction of sp³-hybridized carbons (Fsp3) is 0.286. The Morgan fingerprint density at radius 3 is 2.30 bits per heavy atom. The zero-order valence-electron chi connectivity index (χ0n) is 16.0. The van der Waals surface area contributed by atoms with Crippen LogP contribution in [0.3, 0.4) is 0 Å². The number of carbonyl (C=O) groups is 3. The molecule has 0 atom stereocenters. The van der Waals surface area contributed by atoms with Crippen LogP contribution >= 0.6 is 0 Å². The van der Waals surface area contributed by atoms with Gasteiger partial charge in [0.2, 0.25) is 11.8 Å². The standard InChI is InChI=1S/C21H24N2O4/c1-5-27-21(26)17-8-10-18(11-9-17)23(16(4)24)13-20(25)22-19-12-14(2)6-7-15(19)3/h6-12H,5,13H2,1-4H3,(H,22,25). The predicted molar refractivity (Wildman–Crippen MR) is 105 cm³/mol. The van der Waals surface area contributed by atoms with Crippen LogP contribution in [0.2, 0.25) is 0 Å². The molecule has 27 heavy (non-hydrogen) atoms. The molecular weight excluding hydrogens is 344 g/mol. The number of nitrogens with zero attached hydrogens (tertiary/aromatic N) is 1. The maximum atomic E-state index is 12.4. The normalized spacial score (nSPS) is 10.2. The number of anilines is 2. The lowest BCUT2D eigenvalue weighted by Gasteiger charge is -2.21. The highest BCUT2D eigenvalue weighted by atomic mass is 16.5. The number of ether oxygens (including phenoxy) is 1. The number of aryl methyl sites for hydroxylation is 2. The summed E-state index contributed by atoms with van der Waals surface area (Å²) in [5.41, 5.74) is 3.63. The van der Waals surface area contributed by atoms with Gasteiger partial charge in [0, 0.05) is 18.3 Å². The highest BCUT2D eigenvalue weighted by molar-refractivity contribution is 6.02. The molecule has 2 aromatic carbocycles. The van der Waals surface area contributed by atoms with E-state index in [0.717, 1.165) is 16.8 Å². The fourth-order valence-electron chi connectivity index (χ4n) is 2.58. The minimum atomic E-state index is -0.425. The summed E-state index contributed by atoms with van der Waals surface area (Å²) in [4.78, 5) is 37.6. The molecule has 0 aliphatic heterocycles. The molecule has 0 aliphatic carbocycles. The van der Waals surface area contributed by atoms with Crippen LogP contribution in [-0.2, 0) is 14.3 Å². The molecule has 0 radical (unpaired) electrons. The quantitative estimate of drug-likeness (QED) is 0.792. The summed E-state index contributed by atoms with van der Waals surface area (Å²) in [6, 6.07) is 12.2. The highest BCUT2D eigenvalue weighted by Gasteiger charge is 2.17. The Morgan fingerprint density at radius 1 is 1.04 bits per heavy atom. The first kappa shape index (κ1) is 20.2. The summed E-state index contributed by atoms with van der Waals surface area (Å²) in [6.07, 6.45) is 0. The number of hydrogen-bond donors (Lipinski definition) is 1. The largest absolute Gasteiger partial charge is 0.462 e. The van der Waals surface area contributed by atoms with E-state index in [2.05, 4.69) is 5.32 Å². The Hall–Kier alpha value is -3.15. The first-order valence-corrected chi connectivity index (χ1v) is 8.74. The van der Waals surface area contributed by atoms with E-state index < -0.39 is 5.97 Å². The van der Waals surface area contributed by atoms with Crippen molar-refractivity contribution < 1.29 is 19.1 Å². The van der Waals surface area contributed by atoms with E-state index in [1.165, 1.54) is 11.8 Å². The fourth-order valence-corrected chi connectivity index (χ4v) is 2.58. The summed E-state index contributed by atoms with van der Waals surface area (Å²) in [6.45, 7) is 7.15. The molecule has 1 N–H and O–H groups in total. The average molecular weight is 368 g/mol. The van der Waals surface area contributed by atoms with E-state index in [1.807, 2.05) is 32.0 Å². The second kappa shape index (κ2) is 8.98. The lowest BCUT2D eigenvalue weighted by molar-refractivity contribution is -0.120. The summed E-state index contributed by atoms with van der Waals surface area (Å²) < 4.78 is 4.94. The molecular formula is C21H24N2O4. The number of hydrogen-bond acceptors (Lipinski definition) is 4. The van der Waals surface area contributed by atoms with Crippen LogP contribution in [-0.4, -0.2) is 30.9 Å². The van der Waals surface area contributed by atoms with Gasteiger partial charge in [-0.2, -0.15) is 0 Å². The smallest absolute Gasteiger partial charge is 0.338 e. The van der Waals surface area contributed by atoms with Crippen molar-refractivity contribution >= 4 is 29.2 Å². The van der Waals surface area contributed by atoms with Crippen molar-refractivity contribution in [1.82, 2.24) is 0 Å². The molecule has 0 bridgehead atoms. The SMILES string of the molecule is CCOC(=O)c1ccc(N(CC(=O)Nc2cc(C)ccc2C)C(C)=O)cc1. The number of esters is 1. The van der Waals surface area contributed by atoms with E-state index in [-0.39, 0.29) is 18.4 Å². The van der Waals surface area contributed by atoms with Crippen molar-refractivity contribution in [2.75, 3.05) is 23.4 Å². The summed E-state index contributed by atoms with van der Waals surface area (Å²) in [7, 11) is 0. The van der Waals surface area contributed by atoms with Crippen LogP contribution in [0.4, 0.5) is 11.4 Å². The van der Waals surface area contributed by atoms with E-state index in [4.69, 9.17) is 4.74 Å². The van der Waals surface area contributed by atoms with Crippen molar-refractivity contribution in [2.24, 2.45) is 0 Å². The van der Waals surface area contributed by atoms with Crippen molar-refractivity contribution in [3.63, 3.8) is 0 Å². The molecule has 0 heterocycles. The Kier molecular flexibility index (Phi) is 6.71. The molecule has 0 aliphatic rings. The molecule has 2 aromatic rings. The lowest BCUT2D eigenvalue weighted by Crippen LogP contribution is -2.36. The van der Waals surface area contributed by atoms with Gasteiger partial charge in [0.05, 0.1) is 12.2 Å². The Balaban J connectivity index is 2.13. The van der Waals surface area contributed by atoms with Crippen molar-refractivity contribution in [3.05, 3.63) is 59.2 Å². The molecule has 6 nitrogen and oxygen atoms in total. The number of benzene rings is 2. The van der Waals surface area contributed by atoms with E-state index in [1.54, 1.807) is 31.2 Å². The van der Waals surface area contributed by atoms with Gasteiger partial charge >= 0.3 is 5.97 Å². The summed E-state index contributed by atoms with van der Waals surface area (Å²) >= 11 is 0. The van der Waals surface area contributed by atoms with Crippen LogP contribution in [0.15, 0.2) is 42.5 Å². The Morgan fingerprint density at radius 2 is 1.70 bits per heavy atom. The number of nitrogens with one attached hydrogen (secondary N) is 1. The molecule has 2 rings (SSSR count). The average Bonchev–Trinajstić information content (AvgIpc) is 2.63. The van der Waals surface area contributed by atoms with Crippen LogP contribution in [0, 0.1) is 13.8 Å². The van der Waals surface area contributed by atoms with Crippen molar-refractivity contribution in [1.29, 1.82) is 0 Å². The topological polar surface area (TPSA) is 75.7 Å². The maximum absolute atomic E-state index is 12.4. The van der Waals surface area contributed by atoms with Crippen LogP contribution in [0.1, 0.15) is 35.3 Å². The van der Waals surface area contributed by atoms with Crippen LogP contribution < -0.4 is 10.2 Å². The first-order chi connectivity index (χ1) is 12.8. The number of rotatable bonds is 6. The molecule has 0 aromatic heterocycles. The third-order valence-electron chi connectivity index (χ3n) is 4.04. The first-order valence-electron chi connectivity index (χ1n) is 8.74. The van der Waals surface area contributed by atoms with Gasteiger partial charge in [-0.25, -0.2) is 4.79 Å². The molecule has 142 valence electrons. The Labute approximate surface area is 159 Å². The third kappa shape index (κ3) is 5.41. The number of amides is 2. The van der Waals surface area contributed by atoms with Crippen LogP contribution in [0.25, 0.3) is 0 Å². The van der Waals surface area contributed by atoms with Gasteiger partial charge in [-0.3, -0.25) is 9.59 Å². The number of carbonyl (C=O) groups excluding carboxylic acids is 3. The van der Waals surface area contributed by atoms with Gasteiger partial charge in [0.1, 0.15) is 6.54 Å². The van der Waals surface area contributed by atoms with E-state index in [9.17, 15) is 14.4 Å². The third-order valence-corrected chi connectivity index (χ3v) is 4.04. The van der Waals surface area contributed by atoms with Crippen molar-refractivity contribution in [3.8, 4) is 0 Å². The van der Waals surface area contributed by atoms with Gasteiger partial charge < -0.3 is 15.0 Å². The molecule has 6 heteroatoms. The van der Waals surface area contributed by atoms with Gasteiger partial charge in [0.15, 0.2) is 0 Å². The van der Waals surface area contributed by atoms with Gasteiger partial charge in [-0.1, -0.05) is 12.1 Å². The molecule has 0 saturated heterocycles. The zero-order valence-corrected chi connectivity index (χ0v) is 16.0.